The number of nitrogens with two attached hydrogens (primary N) is 1. The van der Waals surface area contributed by atoms with Crippen LogP contribution in [-0.4, -0.2) is 12.9 Å². The molecule has 0 heterocycles. The molecule has 21 heavy (non-hydrogen) atoms. The molecule has 2 aromatic carbocycles. The van der Waals surface area contributed by atoms with Gasteiger partial charge in [0.15, 0.2) is 5.78 Å². The van der Waals surface area contributed by atoms with Gasteiger partial charge in [0, 0.05) is 17.7 Å². The number of rotatable bonds is 6. The number of ether oxygens (including phenoxy) is 2. The van der Waals surface area contributed by atoms with E-state index in [-0.39, 0.29) is 5.78 Å². The summed E-state index contributed by atoms with van der Waals surface area (Å²) in [5, 5.41) is 0. The number of hydrogen-bond acceptors (Lipinski definition) is 4. The zero-order valence-electron chi connectivity index (χ0n) is 12.3. The average Bonchev–Trinajstić information content (AvgIpc) is 2.53. The molecule has 0 aromatic heterocycles. The lowest BCUT2D eigenvalue weighted by molar-refractivity contribution is 0.101. The Morgan fingerprint density at radius 1 is 1.14 bits per heavy atom. The highest BCUT2D eigenvalue weighted by Gasteiger charge is 2.08. The Hall–Kier alpha value is -2.33. The second-order valence-electron chi connectivity index (χ2n) is 4.72. The third-order valence-electron chi connectivity index (χ3n) is 3.24. The van der Waals surface area contributed by atoms with Gasteiger partial charge in [-0.2, -0.15) is 0 Å². The Balaban J connectivity index is 2.13. The molecule has 2 N–H and O–H groups in total. The quantitative estimate of drug-likeness (QED) is 0.829. The van der Waals surface area contributed by atoms with Gasteiger partial charge in [0.25, 0.3) is 0 Å². The zero-order chi connectivity index (χ0) is 15.2. The Morgan fingerprint density at radius 3 is 2.43 bits per heavy atom. The van der Waals surface area contributed by atoms with E-state index in [4.69, 9.17) is 15.2 Å². The molecule has 4 heteroatoms. The van der Waals surface area contributed by atoms with Crippen molar-refractivity contribution >= 4 is 5.78 Å². The maximum atomic E-state index is 11.4. The molecule has 0 unspecified atom stereocenters. The van der Waals surface area contributed by atoms with Crippen LogP contribution in [0.5, 0.6) is 11.5 Å². The summed E-state index contributed by atoms with van der Waals surface area (Å²) in [4.78, 5) is 11.4. The molecule has 0 atom stereocenters. The normalized spacial score (nSPS) is 10.2. The van der Waals surface area contributed by atoms with Gasteiger partial charge in [-0.3, -0.25) is 4.79 Å². The minimum Gasteiger partial charge on any atom is -0.496 e. The lowest BCUT2D eigenvalue weighted by Gasteiger charge is -2.11. The van der Waals surface area contributed by atoms with Gasteiger partial charge in [-0.25, -0.2) is 0 Å². The smallest absolute Gasteiger partial charge is 0.159 e. The SMILES string of the molecule is COc1ccc(C(C)=O)cc1COc1ccc(CN)cc1. The first-order valence-corrected chi connectivity index (χ1v) is 6.73. The summed E-state index contributed by atoms with van der Waals surface area (Å²) in [7, 11) is 1.60. The van der Waals surface area contributed by atoms with E-state index in [2.05, 4.69) is 0 Å². The predicted molar refractivity (Wildman–Crippen MR) is 81.7 cm³/mol. The third-order valence-corrected chi connectivity index (χ3v) is 3.24. The molecule has 110 valence electrons. The summed E-state index contributed by atoms with van der Waals surface area (Å²) in [5.74, 6) is 1.48. The van der Waals surface area contributed by atoms with Crippen molar-refractivity contribution in [2.24, 2.45) is 5.73 Å². The first-order valence-electron chi connectivity index (χ1n) is 6.73. The van der Waals surface area contributed by atoms with Crippen molar-refractivity contribution in [3.05, 3.63) is 59.2 Å². The van der Waals surface area contributed by atoms with Crippen LogP contribution < -0.4 is 15.2 Å². The van der Waals surface area contributed by atoms with Crippen molar-refractivity contribution in [3.63, 3.8) is 0 Å². The monoisotopic (exact) mass is 285 g/mol. The molecule has 0 amide bonds. The van der Waals surface area contributed by atoms with Gasteiger partial charge in [0.1, 0.15) is 18.1 Å². The molecule has 0 aliphatic rings. The number of methoxy groups -OCH3 is 1. The topological polar surface area (TPSA) is 61.5 Å². The fourth-order valence-electron chi connectivity index (χ4n) is 1.99. The van der Waals surface area contributed by atoms with E-state index in [0.29, 0.717) is 24.5 Å². The fourth-order valence-corrected chi connectivity index (χ4v) is 1.99. The van der Waals surface area contributed by atoms with Crippen LogP contribution in [0.2, 0.25) is 0 Å². The number of Topliss-reactive ketones (excluding diaryl/α,β-unsaturated/α-hetero) is 1. The molecule has 0 saturated carbocycles. The van der Waals surface area contributed by atoms with Crippen LogP contribution in [0, 0.1) is 0 Å². The number of benzene rings is 2. The van der Waals surface area contributed by atoms with E-state index < -0.39 is 0 Å². The lowest BCUT2D eigenvalue weighted by atomic mass is 10.1. The molecule has 0 saturated heterocycles. The second-order valence-corrected chi connectivity index (χ2v) is 4.72. The summed E-state index contributed by atoms with van der Waals surface area (Å²) >= 11 is 0. The van der Waals surface area contributed by atoms with Gasteiger partial charge in [-0.05, 0) is 42.8 Å². The number of hydrogen-bond donors (Lipinski definition) is 1. The first-order chi connectivity index (χ1) is 10.1. The van der Waals surface area contributed by atoms with Crippen molar-refractivity contribution in [1.82, 2.24) is 0 Å². The van der Waals surface area contributed by atoms with Crippen molar-refractivity contribution in [2.75, 3.05) is 7.11 Å². The highest BCUT2D eigenvalue weighted by Crippen LogP contribution is 2.22. The van der Waals surface area contributed by atoms with Crippen molar-refractivity contribution in [1.29, 1.82) is 0 Å². The zero-order valence-corrected chi connectivity index (χ0v) is 12.3. The summed E-state index contributed by atoms with van der Waals surface area (Å²) < 4.78 is 11.0. The van der Waals surface area contributed by atoms with Crippen LogP contribution in [0.4, 0.5) is 0 Å². The van der Waals surface area contributed by atoms with Gasteiger partial charge in [0.05, 0.1) is 7.11 Å². The van der Waals surface area contributed by atoms with E-state index in [1.54, 1.807) is 25.3 Å². The summed E-state index contributed by atoms with van der Waals surface area (Å²) in [6, 6.07) is 13.0. The Bertz CT molecular complexity index is 620. The van der Waals surface area contributed by atoms with Crippen LogP contribution in [0.15, 0.2) is 42.5 Å². The second kappa shape index (κ2) is 6.90. The first kappa shape index (κ1) is 15.1. The van der Waals surface area contributed by atoms with Crippen LogP contribution in [0.1, 0.15) is 28.4 Å². The molecular formula is C17H19NO3. The fraction of sp³-hybridized carbons (Fsp3) is 0.235. The molecular weight excluding hydrogens is 266 g/mol. The predicted octanol–water partition coefficient (Wildman–Crippen LogP) is 2.94. The molecule has 0 aliphatic heterocycles. The van der Waals surface area contributed by atoms with Gasteiger partial charge < -0.3 is 15.2 Å². The minimum absolute atomic E-state index is 0.0196. The van der Waals surface area contributed by atoms with Gasteiger partial charge >= 0.3 is 0 Å². The van der Waals surface area contributed by atoms with Crippen LogP contribution in [-0.2, 0) is 13.2 Å². The standard InChI is InChI=1S/C17H19NO3/c1-12(19)14-5-8-17(20-2)15(9-14)11-21-16-6-3-13(10-18)4-7-16/h3-9H,10-11,18H2,1-2H3. The lowest BCUT2D eigenvalue weighted by Crippen LogP contribution is -2.02. The maximum absolute atomic E-state index is 11.4. The molecule has 2 aromatic rings. The minimum atomic E-state index is 0.0196. The number of carbonyl (C=O) groups excluding carboxylic acids is 1. The van der Waals surface area contributed by atoms with Gasteiger partial charge in [-0.15, -0.1) is 0 Å². The molecule has 0 radical (unpaired) electrons. The van der Waals surface area contributed by atoms with Crippen LogP contribution in [0.3, 0.4) is 0 Å². The largest absolute Gasteiger partial charge is 0.496 e. The summed E-state index contributed by atoms with van der Waals surface area (Å²) in [6.45, 7) is 2.39. The van der Waals surface area contributed by atoms with Crippen LogP contribution >= 0.6 is 0 Å². The van der Waals surface area contributed by atoms with Crippen molar-refractivity contribution < 1.29 is 14.3 Å². The average molecular weight is 285 g/mol. The van der Waals surface area contributed by atoms with E-state index in [9.17, 15) is 4.79 Å². The van der Waals surface area contributed by atoms with Crippen molar-refractivity contribution in [2.45, 2.75) is 20.1 Å². The molecule has 0 fully saturated rings. The van der Waals surface area contributed by atoms with E-state index >= 15 is 0 Å². The number of carbonyl (C=O) groups is 1. The molecule has 2 rings (SSSR count). The van der Waals surface area contributed by atoms with Crippen molar-refractivity contribution in [3.8, 4) is 11.5 Å². The maximum Gasteiger partial charge on any atom is 0.159 e. The van der Waals surface area contributed by atoms with Gasteiger partial charge in [-0.1, -0.05) is 12.1 Å². The van der Waals surface area contributed by atoms with Crippen LogP contribution in [0.25, 0.3) is 0 Å². The summed E-state index contributed by atoms with van der Waals surface area (Å²) in [6.07, 6.45) is 0. The third kappa shape index (κ3) is 3.83. The molecule has 0 aliphatic carbocycles. The van der Waals surface area contributed by atoms with Gasteiger partial charge in [0.2, 0.25) is 0 Å². The van der Waals surface area contributed by atoms with E-state index in [1.165, 1.54) is 6.92 Å². The molecule has 4 nitrogen and oxygen atoms in total. The Morgan fingerprint density at radius 2 is 1.86 bits per heavy atom. The summed E-state index contributed by atoms with van der Waals surface area (Å²) in [5.41, 5.74) is 8.10. The Kier molecular flexibility index (Phi) is 4.95. The Labute approximate surface area is 124 Å². The highest BCUT2D eigenvalue weighted by molar-refractivity contribution is 5.94. The van der Waals surface area contributed by atoms with E-state index in [0.717, 1.165) is 16.9 Å². The number of ketones is 1. The highest BCUT2D eigenvalue weighted by atomic mass is 16.5. The molecule has 0 bridgehead atoms. The molecule has 0 spiro atoms. The van der Waals surface area contributed by atoms with E-state index in [1.807, 2.05) is 24.3 Å².